The van der Waals surface area contributed by atoms with Crippen molar-refractivity contribution in [2.75, 3.05) is 26.7 Å². The van der Waals surface area contributed by atoms with Gasteiger partial charge in [0.2, 0.25) is 0 Å². The lowest BCUT2D eigenvalue weighted by atomic mass is 9.91. The van der Waals surface area contributed by atoms with E-state index in [2.05, 4.69) is 57.1 Å². The van der Waals surface area contributed by atoms with Gasteiger partial charge in [0.1, 0.15) is 0 Å². The van der Waals surface area contributed by atoms with E-state index in [4.69, 9.17) is 11.6 Å². The average Bonchev–Trinajstić information content (AvgIpc) is 2.37. The Morgan fingerprint density at radius 1 is 1.35 bits per heavy atom. The monoisotopic (exact) mass is 296 g/mol. The van der Waals surface area contributed by atoms with E-state index in [1.54, 1.807) is 0 Å². The molecule has 20 heavy (non-hydrogen) atoms. The molecule has 0 aromatic heterocycles. The first-order valence-corrected chi connectivity index (χ1v) is 7.90. The number of nitrogens with one attached hydrogen (secondary N) is 1. The molecule has 0 bridgehead atoms. The van der Waals surface area contributed by atoms with E-state index in [1.807, 2.05) is 12.1 Å². The van der Waals surface area contributed by atoms with Crippen LogP contribution in [0.4, 0.5) is 0 Å². The van der Waals surface area contributed by atoms with Crippen LogP contribution in [-0.2, 0) is 0 Å². The summed E-state index contributed by atoms with van der Waals surface area (Å²) in [6.07, 6.45) is 1.19. The van der Waals surface area contributed by atoms with Gasteiger partial charge in [-0.15, -0.1) is 0 Å². The van der Waals surface area contributed by atoms with Crippen LogP contribution in [0.25, 0.3) is 0 Å². The Labute approximate surface area is 129 Å². The number of rotatable bonds is 8. The summed E-state index contributed by atoms with van der Waals surface area (Å²) in [5.74, 6) is 0. The van der Waals surface area contributed by atoms with Gasteiger partial charge in [-0.2, -0.15) is 0 Å². The van der Waals surface area contributed by atoms with Crippen LogP contribution in [0.15, 0.2) is 24.3 Å². The van der Waals surface area contributed by atoms with Crippen LogP contribution in [0, 0.1) is 5.41 Å². The second-order valence-corrected chi connectivity index (χ2v) is 6.92. The molecule has 0 fully saturated rings. The zero-order chi connectivity index (χ0) is 15.2. The van der Waals surface area contributed by atoms with Gasteiger partial charge >= 0.3 is 0 Å². The second-order valence-electron chi connectivity index (χ2n) is 6.49. The lowest BCUT2D eigenvalue weighted by Gasteiger charge is -2.34. The standard InChI is InChI=1S/C17H29ClN2/c1-6-10-19-12-17(3,4)13-20(5)14(2)15-8-7-9-16(18)11-15/h7-9,11,14,19H,6,10,12-13H2,1-5H3. The van der Waals surface area contributed by atoms with Gasteiger partial charge in [0, 0.05) is 24.2 Å². The first kappa shape index (κ1) is 17.5. The van der Waals surface area contributed by atoms with Crippen molar-refractivity contribution in [1.82, 2.24) is 10.2 Å². The van der Waals surface area contributed by atoms with Crippen molar-refractivity contribution in [3.8, 4) is 0 Å². The molecule has 0 radical (unpaired) electrons. The van der Waals surface area contributed by atoms with Crippen LogP contribution in [0.1, 0.15) is 45.7 Å². The van der Waals surface area contributed by atoms with Gasteiger partial charge in [-0.3, -0.25) is 4.90 Å². The summed E-state index contributed by atoms with van der Waals surface area (Å²) in [4.78, 5) is 2.40. The van der Waals surface area contributed by atoms with E-state index in [0.29, 0.717) is 6.04 Å². The fraction of sp³-hybridized carbons (Fsp3) is 0.647. The predicted molar refractivity (Wildman–Crippen MR) is 89.4 cm³/mol. The molecule has 0 heterocycles. The van der Waals surface area contributed by atoms with Crippen LogP contribution in [0.3, 0.4) is 0 Å². The third-order valence-electron chi connectivity index (χ3n) is 3.70. The highest BCUT2D eigenvalue weighted by atomic mass is 35.5. The molecule has 0 spiro atoms. The normalized spacial score (nSPS) is 13.8. The predicted octanol–water partition coefficient (Wildman–Crippen LogP) is 4.36. The van der Waals surface area contributed by atoms with E-state index in [-0.39, 0.29) is 5.41 Å². The quantitative estimate of drug-likeness (QED) is 0.717. The highest BCUT2D eigenvalue weighted by Gasteiger charge is 2.22. The Morgan fingerprint density at radius 3 is 2.65 bits per heavy atom. The molecule has 0 aliphatic rings. The minimum atomic E-state index is 0.261. The van der Waals surface area contributed by atoms with Crippen molar-refractivity contribution in [3.63, 3.8) is 0 Å². The molecule has 1 N–H and O–H groups in total. The number of halogens is 1. The molecule has 0 saturated carbocycles. The van der Waals surface area contributed by atoms with Crippen molar-refractivity contribution >= 4 is 11.6 Å². The molecular formula is C17H29ClN2. The Bertz CT molecular complexity index is 404. The van der Waals surface area contributed by atoms with E-state index in [0.717, 1.165) is 24.7 Å². The molecule has 2 nitrogen and oxygen atoms in total. The lowest BCUT2D eigenvalue weighted by molar-refractivity contribution is 0.166. The summed E-state index contributed by atoms with van der Waals surface area (Å²) in [6.45, 7) is 12.3. The van der Waals surface area contributed by atoms with Crippen molar-refractivity contribution in [1.29, 1.82) is 0 Å². The zero-order valence-electron chi connectivity index (χ0n) is 13.5. The maximum Gasteiger partial charge on any atom is 0.0409 e. The van der Waals surface area contributed by atoms with Crippen molar-refractivity contribution in [2.24, 2.45) is 5.41 Å². The maximum absolute atomic E-state index is 6.08. The lowest BCUT2D eigenvalue weighted by Crippen LogP contribution is -2.40. The van der Waals surface area contributed by atoms with Gasteiger partial charge in [0.05, 0.1) is 0 Å². The molecule has 0 aliphatic heterocycles. The van der Waals surface area contributed by atoms with Gasteiger partial charge in [-0.1, -0.05) is 44.5 Å². The SMILES string of the molecule is CCCNCC(C)(C)CN(C)C(C)c1cccc(Cl)c1. The number of hydrogen-bond donors (Lipinski definition) is 1. The second kappa shape index (κ2) is 8.02. The summed E-state index contributed by atoms with van der Waals surface area (Å²) in [5.41, 5.74) is 1.54. The summed E-state index contributed by atoms with van der Waals surface area (Å²) in [7, 11) is 2.19. The Kier molecular flexibility index (Phi) is 7.01. The first-order valence-electron chi connectivity index (χ1n) is 7.52. The fourth-order valence-electron chi connectivity index (χ4n) is 2.49. The number of nitrogens with zero attached hydrogens (tertiary/aromatic N) is 1. The Hall–Kier alpha value is -0.570. The molecule has 3 heteroatoms. The van der Waals surface area contributed by atoms with Crippen molar-refractivity contribution in [2.45, 2.75) is 40.2 Å². The Morgan fingerprint density at radius 2 is 2.05 bits per heavy atom. The maximum atomic E-state index is 6.08. The molecule has 1 aromatic rings. The van der Waals surface area contributed by atoms with E-state index >= 15 is 0 Å². The molecule has 114 valence electrons. The highest BCUT2D eigenvalue weighted by Crippen LogP contribution is 2.25. The highest BCUT2D eigenvalue weighted by molar-refractivity contribution is 6.30. The minimum absolute atomic E-state index is 0.261. The minimum Gasteiger partial charge on any atom is -0.316 e. The van der Waals surface area contributed by atoms with E-state index < -0.39 is 0 Å². The zero-order valence-corrected chi connectivity index (χ0v) is 14.3. The largest absolute Gasteiger partial charge is 0.316 e. The molecule has 1 aromatic carbocycles. The molecule has 0 amide bonds. The summed E-state index contributed by atoms with van der Waals surface area (Å²) in [5, 5.41) is 4.33. The van der Waals surface area contributed by atoms with Crippen LogP contribution < -0.4 is 5.32 Å². The fourth-order valence-corrected chi connectivity index (χ4v) is 2.69. The molecule has 0 aliphatic carbocycles. The van der Waals surface area contributed by atoms with Crippen LogP contribution in [-0.4, -0.2) is 31.6 Å². The third-order valence-corrected chi connectivity index (χ3v) is 3.94. The molecule has 1 atom stereocenters. The molecule has 1 rings (SSSR count). The van der Waals surface area contributed by atoms with Gasteiger partial charge in [0.15, 0.2) is 0 Å². The van der Waals surface area contributed by atoms with Gasteiger partial charge in [0.25, 0.3) is 0 Å². The van der Waals surface area contributed by atoms with Crippen molar-refractivity contribution in [3.05, 3.63) is 34.9 Å². The smallest absolute Gasteiger partial charge is 0.0409 e. The summed E-state index contributed by atoms with van der Waals surface area (Å²) < 4.78 is 0. The van der Waals surface area contributed by atoms with Crippen LogP contribution in [0.2, 0.25) is 5.02 Å². The van der Waals surface area contributed by atoms with E-state index in [9.17, 15) is 0 Å². The first-order chi connectivity index (χ1) is 9.35. The average molecular weight is 297 g/mol. The third kappa shape index (κ3) is 5.82. The summed E-state index contributed by atoms with van der Waals surface area (Å²) >= 11 is 6.08. The molecule has 1 unspecified atom stereocenters. The molecule has 0 saturated heterocycles. The number of benzene rings is 1. The number of hydrogen-bond acceptors (Lipinski definition) is 2. The summed E-state index contributed by atoms with van der Waals surface area (Å²) in [6, 6.07) is 8.53. The topological polar surface area (TPSA) is 15.3 Å². The van der Waals surface area contributed by atoms with Crippen LogP contribution >= 0.6 is 11.6 Å². The van der Waals surface area contributed by atoms with E-state index in [1.165, 1.54) is 12.0 Å². The molecular weight excluding hydrogens is 268 g/mol. The van der Waals surface area contributed by atoms with Gasteiger partial charge in [-0.05, 0) is 50.0 Å². The van der Waals surface area contributed by atoms with Crippen molar-refractivity contribution < 1.29 is 0 Å². The Balaban J connectivity index is 2.58. The van der Waals surface area contributed by atoms with Gasteiger partial charge in [-0.25, -0.2) is 0 Å². The van der Waals surface area contributed by atoms with Gasteiger partial charge < -0.3 is 5.32 Å². The van der Waals surface area contributed by atoms with Crippen LogP contribution in [0.5, 0.6) is 0 Å².